The Morgan fingerprint density at radius 1 is 0.979 bits per heavy atom. The van der Waals surface area contributed by atoms with Crippen LogP contribution in [0, 0.1) is 12.3 Å². The van der Waals surface area contributed by atoms with Crippen LogP contribution in [0.4, 0.5) is 19.1 Å². The smallest absolute Gasteiger partial charge is 0.248 e. The lowest BCUT2D eigenvalue weighted by Gasteiger charge is -2.41. The first-order chi connectivity index (χ1) is 22.8. The first kappa shape index (κ1) is 34.6. The van der Waals surface area contributed by atoms with Crippen molar-refractivity contribution in [1.82, 2.24) is 15.0 Å². The van der Waals surface area contributed by atoms with Crippen molar-refractivity contribution < 1.29 is 33.2 Å². The van der Waals surface area contributed by atoms with Gasteiger partial charge >= 0.3 is 0 Å². The number of pyridine rings is 1. The quantitative estimate of drug-likeness (QED) is 0.232. The van der Waals surface area contributed by atoms with Gasteiger partial charge in [0.05, 0.1) is 30.8 Å². The van der Waals surface area contributed by atoms with Gasteiger partial charge in [-0.15, -0.1) is 0 Å². The molecule has 260 valence electrons. The average molecular weight is 669 g/mol. The lowest BCUT2D eigenvalue weighted by atomic mass is 9.68. The molecule has 2 aliphatic carbocycles. The fourth-order valence-corrected chi connectivity index (χ4v) is 7.76. The van der Waals surface area contributed by atoms with Crippen LogP contribution >= 0.6 is 0 Å². The second-order valence-corrected chi connectivity index (χ2v) is 14.8. The molecule has 3 heterocycles. The number of anilines is 1. The summed E-state index contributed by atoms with van der Waals surface area (Å²) in [5.41, 5.74) is 4.60. The van der Waals surface area contributed by atoms with Gasteiger partial charge in [0.25, 0.3) is 0 Å². The number of nitrogens with zero attached hydrogens (tertiary/aromatic N) is 4. The molecule has 3 N–H and O–H groups in total. The highest BCUT2D eigenvalue weighted by Gasteiger charge is 2.43. The molecule has 6 rings (SSSR count). The molecule has 2 fully saturated rings. The lowest BCUT2D eigenvalue weighted by molar-refractivity contribution is -0.0385. The molecule has 0 spiro atoms. The minimum Gasteiger partial charge on any atom is -0.488 e. The first-order valence-electron chi connectivity index (χ1n) is 17.2. The predicted octanol–water partition coefficient (Wildman–Crippen LogP) is 6.65. The van der Waals surface area contributed by atoms with E-state index >= 15 is 4.39 Å². The van der Waals surface area contributed by atoms with Gasteiger partial charge in [-0.05, 0) is 67.9 Å². The fraction of sp³-hybridized carbons (Fsp3) is 0.595. The molecule has 1 saturated heterocycles. The fourth-order valence-electron chi connectivity index (χ4n) is 7.76. The van der Waals surface area contributed by atoms with Crippen LogP contribution in [-0.4, -0.2) is 68.6 Å². The number of alkyl halides is 3. The van der Waals surface area contributed by atoms with Crippen molar-refractivity contribution in [3.63, 3.8) is 0 Å². The number of fused-ring (bicyclic) bond motifs is 1. The van der Waals surface area contributed by atoms with E-state index in [9.17, 15) is 19.0 Å². The summed E-state index contributed by atoms with van der Waals surface area (Å²) in [5, 5.41) is 30.2. The summed E-state index contributed by atoms with van der Waals surface area (Å²) in [5.74, 6) is -2.20. The molecule has 1 saturated carbocycles. The number of hydrogen-bond acceptors (Lipinski definition) is 8. The second-order valence-electron chi connectivity index (χ2n) is 14.8. The van der Waals surface area contributed by atoms with E-state index in [1.54, 1.807) is 12.1 Å². The Morgan fingerprint density at radius 2 is 1.62 bits per heavy atom. The van der Waals surface area contributed by atoms with Crippen molar-refractivity contribution in [2.75, 3.05) is 31.2 Å². The van der Waals surface area contributed by atoms with E-state index in [4.69, 9.17) is 14.8 Å². The summed E-state index contributed by atoms with van der Waals surface area (Å²) >= 11 is 0. The molecule has 0 unspecified atom stereocenters. The number of aryl methyl sites for hydroxylation is 1. The lowest BCUT2D eigenvalue weighted by Crippen LogP contribution is -2.36. The molecule has 0 bridgehead atoms. The van der Waals surface area contributed by atoms with E-state index < -0.39 is 30.9 Å². The van der Waals surface area contributed by atoms with Crippen LogP contribution in [0.5, 0.6) is 5.75 Å². The van der Waals surface area contributed by atoms with Crippen LogP contribution in [0.1, 0.15) is 122 Å². The Hall–Kier alpha value is -3.28. The number of benzene rings is 1. The molecule has 2 aromatic heterocycles. The average Bonchev–Trinajstić information content (AvgIpc) is 3.06. The molecule has 3 aliphatic rings. The molecule has 1 aliphatic heterocycles. The molecule has 0 amide bonds. The van der Waals surface area contributed by atoms with Crippen molar-refractivity contribution in [1.29, 1.82) is 0 Å². The molecule has 0 radical (unpaired) electrons. The highest BCUT2D eigenvalue weighted by molar-refractivity contribution is 5.51. The van der Waals surface area contributed by atoms with E-state index in [0.29, 0.717) is 78.4 Å². The van der Waals surface area contributed by atoms with Crippen molar-refractivity contribution in [3.8, 4) is 5.75 Å². The normalized spacial score (nSPS) is 22.6. The zero-order valence-electron chi connectivity index (χ0n) is 28.0. The third-order valence-electron chi connectivity index (χ3n) is 10.3. The van der Waals surface area contributed by atoms with E-state index in [-0.39, 0.29) is 49.5 Å². The van der Waals surface area contributed by atoms with Crippen LogP contribution in [0.3, 0.4) is 0 Å². The highest BCUT2D eigenvalue weighted by Crippen LogP contribution is 2.52. The standard InChI is InChI=1S/C37H47F3N4O4/c1-22-4-6-24(7-5-22)33(38)32-30(23-8-12-37(39,40)13-9-23)31-28(16-36(2,3)17-29(31)47)43-34(32)25-10-14-44(15-11-25)35-41-18-27(19-42-35)48-21-26(46)20-45/h4-7,18-19,23,25-26,29,33,45-47H,8-17,20-21H2,1-3H3/t26-,29-,33-/m0/s1. The molecule has 3 aromatic rings. The second kappa shape index (κ2) is 13.9. The van der Waals surface area contributed by atoms with Crippen LogP contribution in [0.2, 0.25) is 0 Å². The Morgan fingerprint density at radius 3 is 2.25 bits per heavy atom. The maximum Gasteiger partial charge on any atom is 0.248 e. The van der Waals surface area contributed by atoms with Gasteiger partial charge in [0.2, 0.25) is 11.9 Å². The summed E-state index contributed by atoms with van der Waals surface area (Å²) in [6, 6.07) is 7.35. The number of aromatic nitrogens is 3. The third kappa shape index (κ3) is 7.48. The number of halogens is 3. The summed E-state index contributed by atoms with van der Waals surface area (Å²) in [6.45, 7) is 6.89. The number of aliphatic hydroxyl groups is 3. The maximum atomic E-state index is 17.2. The van der Waals surface area contributed by atoms with Crippen molar-refractivity contribution in [3.05, 3.63) is 75.9 Å². The summed E-state index contributed by atoms with van der Waals surface area (Å²) in [6.07, 6.45) is 2.14. The zero-order valence-corrected chi connectivity index (χ0v) is 28.0. The molecule has 48 heavy (non-hydrogen) atoms. The zero-order chi connectivity index (χ0) is 34.2. The molecule has 11 heteroatoms. The van der Waals surface area contributed by atoms with E-state index in [0.717, 1.165) is 11.3 Å². The number of rotatable bonds is 9. The van der Waals surface area contributed by atoms with Crippen molar-refractivity contribution >= 4 is 5.95 Å². The van der Waals surface area contributed by atoms with Gasteiger partial charge in [-0.1, -0.05) is 43.7 Å². The van der Waals surface area contributed by atoms with Gasteiger partial charge in [0.1, 0.15) is 12.7 Å². The molecular formula is C37H47F3N4O4. The van der Waals surface area contributed by atoms with Crippen LogP contribution in [-0.2, 0) is 6.42 Å². The number of aliphatic hydroxyl groups excluding tert-OH is 3. The van der Waals surface area contributed by atoms with Crippen molar-refractivity contribution in [2.24, 2.45) is 5.41 Å². The van der Waals surface area contributed by atoms with Gasteiger partial charge in [-0.25, -0.2) is 23.1 Å². The Balaban J connectivity index is 1.36. The first-order valence-corrected chi connectivity index (χ1v) is 17.2. The SMILES string of the molecule is Cc1ccc([C@H](F)c2c(C3CCN(c4ncc(OC[C@@H](O)CO)cn4)CC3)nc3c(c2C2CCC(F)(F)CC2)[C@@H](O)CC(C)(C)C3)cc1. The van der Waals surface area contributed by atoms with E-state index in [2.05, 4.69) is 28.7 Å². The van der Waals surface area contributed by atoms with Gasteiger partial charge in [-0.2, -0.15) is 0 Å². The monoisotopic (exact) mass is 668 g/mol. The highest BCUT2D eigenvalue weighted by atomic mass is 19.3. The number of piperidine rings is 1. The molecule has 8 nitrogen and oxygen atoms in total. The van der Waals surface area contributed by atoms with Gasteiger partial charge in [0, 0.05) is 48.7 Å². The van der Waals surface area contributed by atoms with Gasteiger partial charge < -0.3 is 25.0 Å². The minimum absolute atomic E-state index is 0.0711. The van der Waals surface area contributed by atoms with E-state index in [1.165, 1.54) is 12.4 Å². The van der Waals surface area contributed by atoms with Crippen LogP contribution < -0.4 is 9.64 Å². The predicted molar refractivity (Wildman–Crippen MR) is 176 cm³/mol. The Bertz CT molecular complexity index is 1550. The minimum atomic E-state index is -2.74. The van der Waals surface area contributed by atoms with Crippen molar-refractivity contribution in [2.45, 2.75) is 108 Å². The topological polar surface area (TPSA) is 112 Å². The van der Waals surface area contributed by atoms with Crippen LogP contribution in [0.15, 0.2) is 36.7 Å². The summed E-state index contributed by atoms with van der Waals surface area (Å²) in [7, 11) is 0. The molecule has 1 aromatic carbocycles. The van der Waals surface area contributed by atoms with Gasteiger partial charge in [-0.3, -0.25) is 4.98 Å². The maximum absolute atomic E-state index is 17.2. The largest absolute Gasteiger partial charge is 0.488 e. The Labute approximate surface area is 280 Å². The third-order valence-corrected chi connectivity index (χ3v) is 10.3. The Kier molecular flexibility index (Phi) is 10.0. The molecular weight excluding hydrogens is 621 g/mol. The molecule has 3 atom stereocenters. The number of ether oxygens (including phenoxy) is 1. The number of hydrogen-bond donors (Lipinski definition) is 3. The van der Waals surface area contributed by atoms with Crippen LogP contribution in [0.25, 0.3) is 0 Å². The summed E-state index contributed by atoms with van der Waals surface area (Å²) in [4.78, 5) is 16.2. The van der Waals surface area contributed by atoms with E-state index in [1.807, 2.05) is 19.1 Å². The van der Waals surface area contributed by atoms with Gasteiger partial charge in [0.15, 0.2) is 11.9 Å². The summed E-state index contributed by atoms with van der Waals surface area (Å²) < 4.78 is 51.5.